The second-order valence-electron chi connectivity index (χ2n) is 4.55. The first kappa shape index (κ1) is 13.4. The molecule has 2 aromatic heterocycles. The molecule has 5 nitrogen and oxygen atoms in total. The minimum absolute atomic E-state index is 0.0697. The van der Waals surface area contributed by atoms with Crippen molar-refractivity contribution in [1.82, 2.24) is 15.5 Å². The van der Waals surface area contributed by atoms with Gasteiger partial charge in [-0.25, -0.2) is 0 Å². The topological polar surface area (TPSA) is 70.9 Å². The maximum absolute atomic E-state index is 11.6. The molecule has 0 saturated heterocycles. The third kappa shape index (κ3) is 4.28. The second-order valence-corrected chi connectivity index (χ2v) is 4.55. The summed E-state index contributed by atoms with van der Waals surface area (Å²) >= 11 is 0. The van der Waals surface area contributed by atoms with Crippen LogP contribution in [0.15, 0.2) is 29.0 Å². The fourth-order valence-corrected chi connectivity index (χ4v) is 1.91. The molecule has 0 spiro atoms. The molecule has 0 aromatic carbocycles. The predicted octanol–water partition coefficient (Wildman–Crippen LogP) is 1.99. The molecular formula is C14H19N3O2. The van der Waals surface area contributed by atoms with Gasteiger partial charge in [-0.1, -0.05) is 0 Å². The molecule has 2 aromatic rings. The highest BCUT2D eigenvalue weighted by atomic mass is 16.3. The fraction of sp³-hybridized carbons (Fsp3) is 0.429. The van der Waals surface area contributed by atoms with E-state index in [0.29, 0.717) is 19.4 Å². The average molecular weight is 261 g/mol. The number of furan rings is 1. The van der Waals surface area contributed by atoms with E-state index in [1.165, 1.54) is 5.56 Å². The number of hydrogen-bond acceptors (Lipinski definition) is 3. The number of carbonyl (C=O) groups excluding carboxylic acids is 1. The monoisotopic (exact) mass is 261 g/mol. The summed E-state index contributed by atoms with van der Waals surface area (Å²) in [5.74, 6) is 0.921. The van der Waals surface area contributed by atoms with Gasteiger partial charge < -0.3 is 9.73 Å². The van der Waals surface area contributed by atoms with E-state index in [2.05, 4.69) is 15.5 Å². The number of carbonyl (C=O) groups is 1. The first-order chi connectivity index (χ1) is 9.25. The molecule has 2 heterocycles. The van der Waals surface area contributed by atoms with Gasteiger partial charge in [0.1, 0.15) is 5.76 Å². The standard InChI is InChI=1S/C14H19N3O2/c1-11-12(10-16-17-11)4-2-8-15-14(18)7-6-13-5-3-9-19-13/h3,5,9-10H,2,4,6-8H2,1H3,(H,15,18)(H,16,17). The zero-order valence-electron chi connectivity index (χ0n) is 11.1. The normalized spacial score (nSPS) is 10.6. The number of aromatic nitrogens is 2. The quantitative estimate of drug-likeness (QED) is 0.749. The third-order valence-corrected chi connectivity index (χ3v) is 3.06. The summed E-state index contributed by atoms with van der Waals surface area (Å²) in [7, 11) is 0. The van der Waals surface area contributed by atoms with E-state index in [-0.39, 0.29) is 5.91 Å². The minimum atomic E-state index is 0.0697. The summed E-state index contributed by atoms with van der Waals surface area (Å²) in [4.78, 5) is 11.6. The smallest absolute Gasteiger partial charge is 0.220 e. The van der Waals surface area contributed by atoms with Gasteiger partial charge >= 0.3 is 0 Å². The van der Waals surface area contributed by atoms with E-state index in [0.717, 1.165) is 24.3 Å². The van der Waals surface area contributed by atoms with Crippen molar-refractivity contribution >= 4 is 5.91 Å². The Labute approximate surface area is 112 Å². The zero-order valence-corrected chi connectivity index (χ0v) is 11.1. The third-order valence-electron chi connectivity index (χ3n) is 3.06. The van der Waals surface area contributed by atoms with Crippen LogP contribution in [0, 0.1) is 6.92 Å². The van der Waals surface area contributed by atoms with Crippen LogP contribution >= 0.6 is 0 Å². The van der Waals surface area contributed by atoms with Gasteiger partial charge in [-0.05, 0) is 37.5 Å². The van der Waals surface area contributed by atoms with Crippen molar-refractivity contribution < 1.29 is 9.21 Å². The molecule has 0 radical (unpaired) electrons. The summed E-state index contributed by atoms with van der Waals surface area (Å²) < 4.78 is 5.18. The first-order valence-electron chi connectivity index (χ1n) is 6.53. The minimum Gasteiger partial charge on any atom is -0.469 e. The molecule has 0 unspecified atom stereocenters. The predicted molar refractivity (Wildman–Crippen MR) is 71.7 cm³/mol. The Morgan fingerprint density at radius 1 is 1.47 bits per heavy atom. The number of H-pyrrole nitrogens is 1. The van der Waals surface area contributed by atoms with Crippen molar-refractivity contribution in [1.29, 1.82) is 0 Å². The molecule has 19 heavy (non-hydrogen) atoms. The zero-order chi connectivity index (χ0) is 13.5. The lowest BCUT2D eigenvalue weighted by Gasteiger charge is -2.04. The Bertz CT molecular complexity index is 503. The highest BCUT2D eigenvalue weighted by Gasteiger charge is 2.04. The van der Waals surface area contributed by atoms with Gasteiger partial charge in [0, 0.05) is 25.1 Å². The number of amides is 1. The number of nitrogens with zero attached hydrogens (tertiary/aromatic N) is 1. The molecule has 0 atom stereocenters. The summed E-state index contributed by atoms with van der Waals surface area (Å²) in [5, 5.41) is 9.79. The van der Waals surface area contributed by atoms with E-state index in [4.69, 9.17) is 4.42 Å². The number of nitrogens with one attached hydrogen (secondary N) is 2. The summed E-state index contributed by atoms with van der Waals surface area (Å²) in [5.41, 5.74) is 2.31. The van der Waals surface area contributed by atoms with E-state index in [1.54, 1.807) is 6.26 Å². The van der Waals surface area contributed by atoms with Crippen molar-refractivity contribution in [2.75, 3.05) is 6.54 Å². The summed E-state index contributed by atoms with van der Waals surface area (Å²) in [6.07, 6.45) is 6.44. The fourth-order valence-electron chi connectivity index (χ4n) is 1.91. The van der Waals surface area contributed by atoms with Gasteiger partial charge in [0.05, 0.1) is 12.5 Å². The summed E-state index contributed by atoms with van der Waals surface area (Å²) in [6, 6.07) is 3.72. The molecule has 2 N–H and O–H groups in total. The van der Waals surface area contributed by atoms with Gasteiger partial charge in [0.25, 0.3) is 0 Å². The molecule has 2 rings (SSSR count). The van der Waals surface area contributed by atoms with Crippen molar-refractivity contribution in [2.24, 2.45) is 0 Å². The van der Waals surface area contributed by atoms with Gasteiger partial charge in [-0.2, -0.15) is 5.10 Å². The second kappa shape index (κ2) is 6.78. The number of aromatic amines is 1. The van der Waals surface area contributed by atoms with E-state index >= 15 is 0 Å². The van der Waals surface area contributed by atoms with Crippen LogP contribution < -0.4 is 5.32 Å². The molecule has 102 valence electrons. The Morgan fingerprint density at radius 3 is 3.05 bits per heavy atom. The number of hydrogen-bond donors (Lipinski definition) is 2. The SMILES string of the molecule is Cc1[nH]ncc1CCCNC(=O)CCc1ccco1. The van der Waals surface area contributed by atoms with Crippen molar-refractivity contribution in [3.05, 3.63) is 41.6 Å². The van der Waals surface area contributed by atoms with Crippen molar-refractivity contribution in [3.8, 4) is 0 Å². The highest BCUT2D eigenvalue weighted by molar-refractivity contribution is 5.76. The molecule has 0 aliphatic carbocycles. The Hall–Kier alpha value is -2.04. The maximum Gasteiger partial charge on any atom is 0.220 e. The van der Waals surface area contributed by atoms with Crippen LogP contribution in [-0.2, 0) is 17.6 Å². The van der Waals surface area contributed by atoms with Crippen LogP contribution in [0.4, 0.5) is 0 Å². The van der Waals surface area contributed by atoms with Gasteiger partial charge in [-0.3, -0.25) is 9.89 Å². The lowest BCUT2D eigenvalue weighted by atomic mass is 10.1. The van der Waals surface area contributed by atoms with Gasteiger partial charge in [0.15, 0.2) is 0 Å². The lowest BCUT2D eigenvalue weighted by molar-refractivity contribution is -0.121. The maximum atomic E-state index is 11.6. The van der Waals surface area contributed by atoms with Crippen LogP contribution in [-0.4, -0.2) is 22.6 Å². The van der Waals surface area contributed by atoms with Crippen molar-refractivity contribution in [2.45, 2.75) is 32.6 Å². The van der Waals surface area contributed by atoms with Crippen LogP contribution in [0.5, 0.6) is 0 Å². The molecule has 0 saturated carbocycles. The molecule has 0 bridgehead atoms. The van der Waals surface area contributed by atoms with Gasteiger partial charge in [0.2, 0.25) is 5.91 Å². The molecule has 5 heteroatoms. The highest BCUT2D eigenvalue weighted by Crippen LogP contribution is 2.05. The van der Waals surface area contributed by atoms with E-state index in [9.17, 15) is 4.79 Å². The molecule has 0 aliphatic rings. The largest absolute Gasteiger partial charge is 0.469 e. The first-order valence-corrected chi connectivity index (χ1v) is 6.53. The van der Waals surface area contributed by atoms with E-state index < -0.39 is 0 Å². The Balaban J connectivity index is 1.58. The average Bonchev–Trinajstić information content (AvgIpc) is 3.04. The van der Waals surface area contributed by atoms with Crippen LogP contribution in [0.25, 0.3) is 0 Å². The lowest BCUT2D eigenvalue weighted by Crippen LogP contribution is -2.24. The van der Waals surface area contributed by atoms with Gasteiger partial charge in [-0.15, -0.1) is 0 Å². The van der Waals surface area contributed by atoms with Crippen molar-refractivity contribution in [3.63, 3.8) is 0 Å². The van der Waals surface area contributed by atoms with E-state index in [1.807, 2.05) is 25.3 Å². The molecule has 0 aliphatic heterocycles. The van der Waals surface area contributed by atoms with Crippen LogP contribution in [0.2, 0.25) is 0 Å². The molecule has 0 fully saturated rings. The van der Waals surface area contributed by atoms with Crippen LogP contribution in [0.1, 0.15) is 29.9 Å². The molecule has 1 amide bonds. The Morgan fingerprint density at radius 2 is 2.37 bits per heavy atom. The molecular weight excluding hydrogens is 242 g/mol. The summed E-state index contributed by atoms with van der Waals surface area (Å²) in [6.45, 7) is 2.70. The Kier molecular flexibility index (Phi) is 4.78. The number of rotatable bonds is 7. The van der Waals surface area contributed by atoms with Crippen LogP contribution in [0.3, 0.4) is 0 Å². The number of aryl methyl sites for hydroxylation is 3.